The Labute approximate surface area is 110 Å². The number of nitrogens with one attached hydrogen (secondary N) is 1. The molecule has 0 heterocycles. The van der Waals surface area contributed by atoms with E-state index in [9.17, 15) is 8.42 Å². The van der Waals surface area contributed by atoms with Crippen LogP contribution in [0.1, 0.15) is 11.1 Å². The molecule has 0 aromatic heterocycles. The third-order valence-corrected chi connectivity index (χ3v) is 4.10. The van der Waals surface area contributed by atoms with Gasteiger partial charge in [-0.1, -0.05) is 22.5 Å². The number of aryl methyl sites for hydroxylation is 1. The van der Waals surface area contributed by atoms with Crippen molar-refractivity contribution in [3.05, 3.63) is 34.3 Å². The minimum absolute atomic E-state index is 0.148. The molecule has 4 nitrogen and oxygen atoms in total. The molecule has 1 rings (SSSR count). The molecule has 1 aromatic carbocycles. The summed E-state index contributed by atoms with van der Waals surface area (Å²) in [4.78, 5) is 0.212. The van der Waals surface area contributed by atoms with Gasteiger partial charge < -0.3 is 5.73 Å². The molecule has 0 fully saturated rings. The summed E-state index contributed by atoms with van der Waals surface area (Å²) in [6.07, 6.45) is 0. The molecule has 1 aromatic rings. The van der Waals surface area contributed by atoms with Gasteiger partial charge in [-0.2, -0.15) is 0 Å². The lowest BCUT2D eigenvalue weighted by atomic mass is 10.1. The van der Waals surface area contributed by atoms with Crippen LogP contribution in [-0.4, -0.2) is 15.0 Å². The average molecular weight is 319 g/mol. The Kier molecular flexibility index (Phi) is 4.35. The van der Waals surface area contributed by atoms with Crippen LogP contribution in [0.25, 0.3) is 0 Å². The Morgan fingerprint density at radius 1 is 1.47 bits per heavy atom. The topological polar surface area (TPSA) is 72.2 Å². The van der Waals surface area contributed by atoms with Crippen molar-refractivity contribution < 1.29 is 8.42 Å². The van der Waals surface area contributed by atoms with Crippen LogP contribution in [0.4, 0.5) is 5.69 Å². The van der Waals surface area contributed by atoms with E-state index in [1.807, 2.05) is 0 Å². The van der Waals surface area contributed by atoms with Crippen LogP contribution in [0, 0.1) is 13.8 Å². The van der Waals surface area contributed by atoms with E-state index >= 15 is 0 Å². The van der Waals surface area contributed by atoms with E-state index in [0.717, 1.165) is 5.56 Å². The van der Waals surface area contributed by atoms with Crippen molar-refractivity contribution in [1.29, 1.82) is 0 Å². The molecule has 94 valence electrons. The van der Waals surface area contributed by atoms with E-state index in [1.54, 1.807) is 26.0 Å². The second-order valence-corrected chi connectivity index (χ2v) is 6.68. The molecule has 0 radical (unpaired) electrons. The van der Waals surface area contributed by atoms with Gasteiger partial charge in [0.15, 0.2) is 0 Å². The summed E-state index contributed by atoms with van der Waals surface area (Å²) >= 11 is 3.10. The predicted molar refractivity (Wildman–Crippen MR) is 73.6 cm³/mol. The zero-order chi connectivity index (χ0) is 13.2. The van der Waals surface area contributed by atoms with Crippen molar-refractivity contribution >= 4 is 31.6 Å². The molecule has 0 saturated carbocycles. The molecule has 0 aliphatic heterocycles. The van der Waals surface area contributed by atoms with Crippen molar-refractivity contribution in [2.24, 2.45) is 0 Å². The van der Waals surface area contributed by atoms with Crippen LogP contribution in [-0.2, 0) is 10.0 Å². The van der Waals surface area contributed by atoms with Crippen molar-refractivity contribution in [2.45, 2.75) is 18.7 Å². The van der Waals surface area contributed by atoms with E-state index in [1.165, 1.54) is 0 Å². The first-order valence-electron chi connectivity index (χ1n) is 4.93. The fourth-order valence-corrected chi connectivity index (χ4v) is 3.09. The molecule has 0 amide bonds. The van der Waals surface area contributed by atoms with Gasteiger partial charge in [0, 0.05) is 16.7 Å². The summed E-state index contributed by atoms with van der Waals surface area (Å²) in [5.41, 5.74) is 7.60. The SMILES string of the molecule is C=C(Br)CNS(=O)(=O)c1cc(C)cc(N)c1C. The van der Waals surface area contributed by atoms with Gasteiger partial charge in [-0.3, -0.25) is 0 Å². The van der Waals surface area contributed by atoms with Gasteiger partial charge in [-0.05, 0) is 37.1 Å². The molecule has 0 saturated heterocycles. The number of nitrogen functional groups attached to an aromatic ring is 1. The number of rotatable bonds is 4. The number of anilines is 1. The quantitative estimate of drug-likeness (QED) is 0.835. The molecular formula is C11H15BrN2O2S. The molecular weight excluding hydrogens is 304 g/mol. The Bertz CT molecular complexity index is 553. The number of nitrogens with two attached hydrogens (primary N) is 1. The van der Waals surface area contributed by atoms with Crippen LogP contribution in [0.5, 0.6) is 0 Å². The van der Waals surface area contributed by atoms with Crippen LogP contribution in [0.3, 0.4) is 0 Å². The predicted octanol–water partition coefficient (Wildman–Crippen LogP) is 2.07. The largest absolute Gasteiger partial charge is 0.398 e. The van der Waals surface area contributed by atoms with Gasteiger partial charge in [0.1, 0.15) is 0 Å². The maximum atomic E-state index is 12.0. The summed E-state index contributed by atoms with van der Waals surface area (Å²) in [7, 11) is -3.55. The van der Waals surface area contributed by atoms with Gasteiger partial charge in [0.05, 0.1) is 4.90 Å². The summed E-state index contributed by atoms with van der Waals surface area (Å²) < 4.78 is 27.1. The Morgan fingerprint density at radius 3 is 2.59 bits per heavy atom. The van der Waals surface area contributed by atoms with Crippen molar-refractivity contribution in [2.75, 3.05) is 12.3 Å². The molecule has 0 atom stereocenters. The number of benzene rings is 1. The maximum Gasteiger partial charge on any atom is 0.241 e. The molecule has 17 heavy (non-hydrogen) atoms. The lowest BCUT2D eigenvalue weighted by Gasteiger charge is -2.11. The fraction of sp³-hybridized carbons (Fsp3) is 0.273. The fourth-order valence-electron chi connectivity index (χ4n) is 1.38. The van der Waals surface area contributed by atoms with Gasteiger partial charge in [-0.25, -0.2) is 13.1 Å². The van der Waals surface area contributed by atoms with Gasteiger partial charge >= 0.3 is 0 Å². The van der Waals surface area contributed by atoms with Crippen LogP contribution >= 0.6 is 15.9 Å². The van der Waals surface area contributed by atoms with E-state index in [-0.39, 0.29) is 11.4 Å². The minimum atomic E-state index is -3.55. The molecule has 6 heteroatoms. The molecule has 0 bridgehead atoms. The normalized spacial score (nSPS) is 11.5. The van der Waals surface area contributed by atoms with E-state index < -0.39 is 10.0 Å². The highest BCUT2D eigenvalue weighted by molar-refractivity contribution is 9.11. The zero-order valence-electron chi connectivity index (χ0n) is 9.75. The van der Waals surface area contributed by atoms with Gasteiger partial charge in [0.2, 0.25) is 10.0 Å². The highest BCUT2D eigenvalue weighted by Gasteiger charge is 2.18. The van der Waals surface area contributed by atoms with E-state index in [2.05, 4.69) is 27.2 Å². The lowest BCUT2D eigenvalue weighted by Crippen LogP contribution is -2.25. The van der Waals surface area contributed by atoms with Gasteiger partial charge in [-0.15, -0.1) is 0 Å². The van der Waals surface area contributed by atoms with Crippen molar-refractivity contribution in [3.8, 4) is 0 Å². The second kappa shape index (κ2) is 5.20. The average Bonchev–Trinajstić information content (AvgIpc) is 2.20. The highest BCUT2D eigenvalue weighted by atomic mass is 79.9. The van der Waals surface area contributed by atoms with Crippen LogP contribution < -0.4 is 10.5 Å². The first-order valence-corrected chi connectivity index (χ1v) is 7.21. The smallest absolute Gasteiger partial charge is 0.241 e. The molecule has 0 aliphatic carbocycles. The molecule has 3 N–H and O–H groups in total. The Morgan fingerprint density at radius 2 is 2.06 bits per heavy atom. The maximum absolute atomic E-state index is 12.0. The lowest BCUT2D eigenvalue weighted by molar-refractivity contribution is 0.585. The minimum Gasteiger partial charge on any atom is -0.398 e. The highest BCUT2D eigenvalue weighted by Crippen LogP contribution is 2.22. The first kappa shape index (κ1) is 14.2. The second-order valence-electron chi connectivity index (χ2n) is 3.82. The summed E-state index contributed by atoms with van der Waals surface area (Å²) in [5.74, 6) is 0. The van der Waals surface area contributed by atoms with Crippen LogP contribution in [0.15, 0.2) is 28.1 Å². The summed E-state index contributed by atoms with van der Waals surface area (Å²) in [5, 5.41) is 0. The number of hydrogen-bond acceptors (Lipinski definition) is 3. The molecule has 0 aliphatic rings. The van der Waals surface area contributed by atoms with Crippen molar-refractivity contribution in [1.82, 2.24) is 4.72 Å². The Balaban J connectivity index is 3.19. The van der Waals surface area contributed by atoms with Gasteiger partial charge in [0.25, 0.3) is 0 Å². The monoisotopic (exact) mass is 318 g/mol. The zero-order valence-corrected chi connectivity index (χ0v) is 12.2. The number of sulfonamides is 1. The van der Waals surface area contributed by atoms with E-state index in [0.29, 0.717) is 15.7 Å². The summed E-state index contributed by atoms with van der Waals surface area (Å²) in [6.45, 7) is 7.21. The Hall–Kier alpha value is -0.850. The third kappa shape index (κ3) is 3.55. The van der Waals surface area contributed by atoms with E-state index in [4.69, 9.17) is 5.73 Å². The van der Waals surface area contributed by atoms with Crippen molar-refractivity contribution in [3.63, 3.8) is 0 Å². The first-order chi connectivity index (χ1) is 7.74. The number of halogens is 1. The standard InChI is InChI=1S/C11H15BrN2O2S/c1-7-4-10(13)9(3)11(5-7)17(15,16)14-6-8(2)12/h4-5,14H,2,6,13H2,1,3H3. The number of hydrogen-bond donors (Lipinski definition) is 2. The molecule has 0 unspecified atom stereocenters. The molecule has 0 spiro atoms. The van der Waals surface area contributed by atoms with Crippen LogP contribution in [0.2, 0.25) is 0 Å². The third-order valence-electron chi connectivity index (χ3n) is 2.29. The summed E-state index contributed by atoms with van der Waals surface area (Å²) in [6, 6.07) is 3.35.